The van der Waals surface area contributed by atoms with Gasteiger partial charge in [0.1, 0.15) is 0 Å². The third-order valence-corrected chi connectivity index (χ3v) is 3.47. The summed E-state index contributed by atoms with van der Waals surface area (Å²) in [6, 6.07) is 1.99. The van der Waals surface area contributed by atoms with Crippen molar-refractivity contribution >= 4 is 17.3 Å². The first kappa shape index (κ1) is 14.6. The van der Waals surface area contributed by atoms with Crippen LogP contribution in [0.15, 0.2) is 18.5 Å². The number of carbonyl (C=O) groups excluding carboxylic acids is 1. The standard InChI is InChI=1S/C15H24N4O/c1-2-6-17-13-9-14(11-16-10-13)18-12-15(20)19-7-4-3-5-8-19/h9-11,17-18H,2-8,12H2,1H3. The number of nitrogens with one attached hydrogen (secondary N) is 2. The largest absolute Gasteiger partial charge is 0.384 e. The zero-order chi connectivity index (χ0) is 14.2. The van der Waals surface area contributed by atoms with Crippen LogP contribution in [0, 0.1) is 0 Å². The first-order valence-electron chi connectivity index (χ1n) is 7.50. The number of likely N-dealkylation sites (tertiary alicyclic amines) is 1. The Labute approximate surface area is 120 Å². The number of hydrogen-bond donors (Lipinski definition) is 2. The van der Waals surface area contributed by atoms with Crippen LogP contribution in [0.3, 0.4) is 0 Å². The van der Waals surface area contributed by atoms with Crippen LogP contribution < -0.4 is 10.6 Å². The Hall–Kier alpha value is -1.78. The van der Waals surface area contributed by atoms with Gasteiger partial charge in [-0.05, 0) is 31.7 Å². The molecule has 1 saturated heterocycles. The van der Waals surface area contributed by atoms with Gasteiger partial charge in [-0.3, -0.25) is 9.78 Å². The minimum Gasteiger partial charge on any atom is -0.384 e. The molecular formula is C15H24N4O. The van der Waals surface area contributed by atoms with E-state index in [1.54, 1.807) is 12.4 Å². The van der Waals surface area contributed by atoms with E-state index in [4.69, 9.17) is 0 Å². The molecule has 0 aromatic carbocycles. The van der Waals surface area contributed by atoms with E-state index in [0.717, 1.165) is 50.3 Å². The Kier molecular flexibility index (Phi) is 5.65. The molecule has 0 unspecified atom stereocenters. The van der Waals surface area contributed by atoms with Gasteiger partial charge < -0.3 is 15.5 Å². The van der Waals surface area contributed by atoms with Crippen molar-refractivity contribution in [2.45, 2.75) is 32.6 Å². The van der Waals surface area contributed by atoms with Crippen molar-refractivity contribution in [3.8, 4) is 0 Å². The second-order valence-electron chi connectivity index (χ2n) is 5.18. The molecule has 2 rings (SSSR count). The van der Waals surface area contributed by atoms with Crippen LogP contribution in [0.4, 0.5) is 11.4 Å². The number of aromatic nitrogens is 1. The highest BCUT2D eigenvalue weighted by Crippen LogP contribution is 2.13. The summed E-state index contributed by atoms with van der Waals surface area (Å²) >= 11 is 0. The summed E-state index contributed by atoms with van der Waals surface area (Å²) in [6.45, 7) is 5.20. The Balaban J connectivity index is 1.82. The summed E-state index contributed by atoms with van der Waals surface area (Å²) in [5.74, 6) is 0.177. The molecule has 1 aromatic rings. The van der Waals surface area contributed by atoms with Crippen LogP contribution in [0.5, 0.6) is 0 Å². The van der Waals surface area contributed by atoms with Gasteiger partial charge in [0.15, 0.2) is 0 Å². The molecule has 5 nitrogen and oxygen atoms in total. The maximum Gasteiger partial charge on any atom is 0.241 e. The molecular weight excluding hydrogens is 252 g/mol. The Morgan fingerprint density at radius 1 is 1.20 bits per heavy atom. The van der Waals surface area contributed by atoms with Crippen LogP contribution in [-0.4, -0.2) is 42.0 Å². The molecule has 2 N–H and O–H groups in total. The number of piperidine rings is 1. The second-order valence-corrected chi connectivity index (χ2v) is 5.18. The van der Waals surface area contributed by atoms with E-state index in [0.29, 0.717) is 6.54 Å². The van der Waals surface area contributed by atoms with E-state index in [1.807, 2.05) is 11.0 Å². The van der Waals surface area contributed by atoms with Crippen molar-refractivity contribution in [3.63, 3.8) is 0 Å². The summed E-state index contributed by atoms with van der Waals surface area (Å²) in [5.41, 5.74) is 1.87. The van der Waals surface area contributed by atoms with Gasteiger partial charge in [0.05, 0.1) is 30.3 Å². The number of amides is 1. The van der Waals surface area contributed by atoms with Crippen LogP contribution in [0.1, 0.15) is 32.6 Å². The zero-order valence-corrected chi connectivity index (χ0v) is 12.2. The van der Waals surface area contributed by atoms with Gasteiger partial charge in [-0.15, -0.1) is 0 Å². The third kappa shape index (κ3) is 4.40. The van der Waals surface area contributed by atoms with Crippen molar-refractivity contribution in [1.82, 2.24) is 9.88 Å². The molecule has 0 bridgehead atoms. The van der Waals surface area contributed by atoms with Crippen molar-refractivity contribution in [2.75, 3.05) is 36.8 Å². The highest BCUT2D eigenvalue weighted by atomic mass is 16.2. The van der Waals surface area contributed by atoms with Crippen molar-refractivity contribution in [2.24, 2.45) is 0 Å². The first-order chi connectivity index (χ1) is 9.79. The van der Waals surface area contributed by atoms with E-state index >= 15 is 0 Å². The van der Waals surface area contributed by atoms with E-state index in [1.165, 1.54) is 6.42 Å². The first-order valence-corrected chi connectivity index (χ1v) is 7.50. The zero-order valence-electron chi connectivity index (χ0n) is 12.2. The quantitative estimate of drug-likeness (QED) is 0.837. The monoisotopic (exact) mass is 276 g/mol. The van der Waals surface area contributed by atoms with E-state index in [2.05, 4.69) is 22.5 Å². The minimum absolute atomic E-state index is 0.177. The summed E-state index contributed by atoms with van der Waals surface area (Å²) in [6.07, 6.45) is 8.12. The molecule has 2 heterocycles. The number of anilines is 2. The Morgan fingerprint density at radius 2 is 1.90 bits per heavy atom. The van der Waals surface area contributed by atoms with Crippen molar-refractivity contribution in [3.05, 3.63) is 18.5 Å². The molecule has 1 aliphatic rings. The molecule has 0 aliphatic carbocycles. The van der Waals surface area contributed by atoms with Crippen molar-refractivity contribution < 1.29 is 4.79 Å². The molecule has 1 aromatic heterocycles. The number of carbonyl (C=O) groups is 1. The molecule has 1 fully saturated rings. The van der Waals surface area contributed by atoms with Crippen LogP contribution in [-0.2, 0) is 4.79 Å². The fourth-order valence-corrected chi connectivity index (χ4v) is 2.34. The predicted molar refractivity (Wildman–Crippen MR) is 81.9 cm³/mol. The van der Waals surface area contributed by atoms with E-state index in [9.17, 15) is 4.79 Å². The molecule has 20 heavy (non-hydrogen) atoms. The summed E-state index contributed by atoms with van der Waals surface area (Å²) < 4.78 is 0. The second kappa shape index (κ2) is 7.72. The number of pyridine rings is 1. The van der Waals surface area contributed by atoms with Gasteiger partial charge in [-0.2, -0.15) is 0 Å². The SMILES string of the molecule is CCCNc1cncc(NCC(=O)N2CCCCC2)c1. The van der Waals surface area contributed by atoms with E-state index in [-0.39, 0.29) is 5.91 Å². The molecule has 1 amide bonds. The highest BCUT2D eigenvalue weighted by Gasteiger charge is 2.15. The van der Waals surface area contributed by atoms with Crippen LogP contribution in [0.2, 0.25) is 0 Å². The highest BCUT2D eigenvalue weighted by molar-refractivity contribution is 5.81. The van der Waals surface area contributed by atoms with Gasteiger partial charge in [-0.25, -0.2) is 0 Å². The predicted octanol–water partition coefficient (Wildman–Crippen LogP) is 2.33. The Morgan fingerprint density at radius 3 is 2.60 bits per heavy atom. The molecule has 5 heteroatoms. The van der Waals surface area contributed by atoms with Gasteiger partial charge in [-0.1, -0.05) is 6.92 Å². The number of hydrogen-bond acceptors (Lipinski definition) is 4. The molecule has 0 spiro atoms. The average Bonchev–Trinajstić information content (AvgIpc) is 2.52. The summed E-state index contributed by atoms with van der Waals surface area (Å²) in [5, 5.41) is 6.45. The third-order valence-electron chi connectivity index (χ3n) is 3.47. The van der Waals surface area contributed by atoms with Gasteiger partial charge in [0, 0.05) is 19.6 Å². The minimum atomic E-state index is 0.177. The lowest BCUT2D eigenvalue weighted by Gasteiger charge is -2.26. The molecule has 0 saturated carbocycles. The fraction of sp³-hybridized carbons (Fsp3) is 0.600. The molecule has 0 radical (unpaired) electrons. The van der Waals surface area contributed by atoms with Crippen LogP contribution in [0.25, 0.3) is 0 Å². The van der Waals surface area contributed by atoms with Crippen molar-refractivity contribution in [1.29, 1.82) is 0 Å². The Bertz CT molecular complexity index is 430. The normalized spacial score (nSPS) is 14.9. The number of rotatable bonds is 6. The lowest BCUT2D eigenvalue weighted by atomic mass is 10.1. The van der Waals surface area contributed by atoms with Gasteiger partial charge in [0.25, 0.3) is 0 Å². The van der Waals surface area contributed by atoms with Gasteiger partial charge >= 0.3 is 0 Å². The fourth-order valence-electron chi connectivity index (χ4n) is 2.34. The topological polar surface area (TPSA) is 57.3 Å². The molecule has 110 valence electrons. The summed E-state index contributed by atoms with van der Waals surface area (Å²) in [7, 11) is 0. The molecule has 1 aliphatic heterocycles. The lowest BCUT2D eigenvalue weighted by Crippen LogP contribution is -2.39. The van der Waals surface area contributed by atoms with Crippen LogP contribution >= 0.6 is 0 Å². The smallest absolute Gasteiger partial charge is 0.241 e. The number of nitrogens with zero attached hydrogens (tertiary/aromatic N) is 2. The van der Waals surface area contributed by atoms with E-state index < -0.39 is 0 Å². The maximum atomic E-state index is 12.1. The lowest BCUT2D eigenvalue weighted by molar-refractivity contribution is -0.130. The summed E-state index contributed by atoms with van der Waals surface area (Å²) in [4.78, 5) is 18.2. The maximum absolute atomic E-state index is 12.1. The average molecular weight is 276 g/mol. The molecule has 0 atom stereocenters. The van der Waals surface area contributed by atoms with Gasteiger partial charge in [0.2, 0.25) is 5.91 Å².